The van der Waals surface area contributed by atoms with E-state index < -0.39 is 26.9 Å². The Labute approximate surface area is 158 Å². The highest BCUT2D eigenvalue weighted by molar-refractivity contribution is 7.92. The molecule has 8 heteroatoms. The molecule has 0 bridgehead atoms. The van der Waals surface area contributed by atoms with Crippen LogP contribution in [-0.4, -0.2) is 48.6 Å². The quantitative estimate of drug-likeness (QED) is 0.788. The molecule has 1 aromatic rings. The highest BCUT2D eigenvalue weighted by Crippen LogP contribution is 2.32. The molecule has 0 spiro atoms. The van der Waals surface area contributed by atoms with Gasteiger partial charge in [0, 0.05) is 19.0 Å². The van der Waals surface area contributed by atoms with Crippen LogP contribution in [0.2, 0.25) is 0 Å². The summed E-state index contributed by atoms with van der Waals surface area (Å²) in [4.78, 5) is 25.4. The summed E-state index contributed by atoms with van der Waals surface area (Å²) in [5.74, 6) is -1.96. The second-order valence-electron chi connectivity index (χ2n) is 7.54. The number of carboxylic acid groups (broad SMARTS) is 1. The number of carbonyl (C=O) groups is 2. The zero-order valence-electron chi connectivity index (χ0n) is 15.2. The van der Waals surface area contributed by atoms with E-state index in [0.29, 0.717) is 38.6 Å². The van der Waals surface area contributed by atoms with Gasteiger partial charge in [-0.15, -0.1) is 0 Å². The van der Waals surface area contributed by atoms with E-state index in [1.807, 2.05) is 0 Å². The summed E-state index contributed by atoms with van der Waals surface area (Å²) in [6, 6.07) is 3.76. The first-order valence-electron chi connectivity index (χ1n) is 9.21. The number of carbonyl (C=O) groups excluding carboxylic acids is 1. The third-order valence-corrected chi connectivity index (χ3v) is 7.95. The van der Waals surface area contributed by atoms with Crippen LogP contribution < -0.4 is 0 Å². The number of aryl methyl sites for hydroxylation is 1. The van der Waals surface area contributed by atoms with Gasteiger partial charge in [-0.05, 0) is 62.8 Å². The van der Waals surface area contributed by atoms with E-state index in [0.717, 1.165) is 6.07 Å². The van der Waals surface area contributed by atoms with Crippen molar-refractivity contribution in [2.24, 2.45) is 11.8 Å². The predicted molar refractivity (Wildman–Crippen MR) is 96.4 cm³/mol. The summed E-state index contributed by atoms with van der Waals surface area (Å²) in [6.45, 7) is 2.03. The van der Waals surface area contributed by atoms with Gasteiger partial charge in [-0.25, -0.2) is 12.8 Å². The molecule has 2 fully saturated rings. The topological polar surface area (TPSA) is 91.8 Å². The fraction of sp³-hybridized carbons (Fsp3) is 0.579. The summed E-state index contributed by atoms with van der Waals surface area (Å²) in [7, 11) is -3.63. The number of hydrogen-bond donors (Lipinski definition) is 1. The number of nitrogens with zero attached hydrogens (tertiary/aromatic N) is 1. The summed E-state index contributed by atoms with van der Waals surface area (Å²) in [6.07, 6.45) is 2.38. The van der Waals surface area contributed by atoms with Crippen molar-refractivity contribution in [3.05, 3.63) is 29.6 Å². The van der Waals surface area contributed by atoms with Crippen LogP contribution in [-0.2, 0) is 19.4 Å². The minimum Gasteiger partial charge on any atom is -0.481 e. The normalized spacial score (nSPS) is 26.1. The van der Waals surface area contributed by atoms with E-state index in [9.17, 15) is 22.4 Å². The van der Waals surface area contributed by atoms with E-state index in [1.54, 1.807) is 4.90 Å². The Hall–Kier alpha value is -1.96. The Morgan fingerprint density at radius 3 is 2.33 bits per heavy atom. The molecule has 1 saturated carbocycles. The molecule has 27 heavy (non-hydrogen) atoms. The highest BCUT2D eigenvalue weighted by atomic mass is 32.2. The van der Waals surface area contributed by atoms with Crippen molar-refractivity contribution >= 4 is 21.7 Å². The zero-order chi connectivity index (χ0) is 19.8. The Morgan fingerprint density at radius 2 is 1.74 bits per heavy atom. The number of benzene rings is 1. The average Bonchev–Trinajstić information content (AvgIpc) is 3.14. The first-order valence-corrected chi connectivity index (χ1v) is 10.8. The van der Waals surface area contributed by atoms with Crippen molar-refractivity contribution in [3.8, 4) is 0 Å². The van der Waals surface area contributed by atoms with Crippen LogP contribution in [0.3, 0.4) is 0 Å². The zero-order valence-corrected chi connectivity index (χ0v) is 16.0. The van der Waals surface area contributed by atoms with Gasteiger partial charge in [-0.2, -0.15) is 0 Å². The van der Waals surface area contributed by atoms with Gasteiger partial charge < -0.3 is 10.0 Å². The van der Waals surface area contributed by atoms with E-state index in [1.165, 1.54) is 19.1 Å². The van der Waals surface area contributed by atoms with Gasteiger partial charge in [0.2, 0.25) is 5.91 Å². The molecule has 1 amide bonds. The maximum atomic E-state index is 13.4. The third kappa shape index (κ3) is 4.00. The van der Waals surface area contributed by atoms with E-state index >= 15 is 0 Å². The van der Waals surface area contributed by atoms with Gasteiger partial charge in [0.1, 0.15) is 5.82 Å². The summed E-state index contributed by atoms with van der Waals surface area (Å²) >= 11 is 0. The lowest BCUT2D eigenvalue weighted by Crippen LogP contribution is -2.38. The number of rotatable bonds is 4. The minimum absolute atomic E-state index is 0.0770. The standard InChI is InChI=1S/C19H24FNO5S/c1-12-10-15(6-7-17(12)20)27(25,26)16-8-9-21(11-16)18(22)13-2-4-14(5-3-13)19(23)24/h6-7,10,13-14,16H,2-5,8-9,11H2,1H3,(H,23,24). The predicted octanol–water partition coefficient (Wildman–Crippen LogP) is 2.40. The van der Waals surface area contributed by atoms with Crippen molar-refractivity contribution in [1.29, 1.82) is 0 Å². The molecule has 1 atom stereocenters. The molecule has 1 heterocycles. The molecule has 6 nitrogen and oxygen atoms in total. The Kier molecular flexibility index (Phi) is 5.55. The van der Waals surface area contributed by atoms with Crippen molar-refractivity contribution in [2.75, 3.05) is 13.1 Å². The van der Waals surface area contributed by atoms with Crippen LogP contribution in [0.1, 0.15) is 37.7 Å². The largest absolute Gasteiger partial charge is 0.481 e. The van der Waals surface area contributed by atoms with Crippen molar-refractivity contribution < 1.29 is 27.5 Å². The number of sulfone groups is 1. The van der Waals surface area contributed by atoms with E-state index in [2.05, 4.69) is 0 Å². The van der Waals surface area contributed by atoms with Crippen LogP contribution in [0.15, 0.2) is 23.1 Å². The molecule has 1 unspecified atom stereocenters. The second-order valence-corrected chi connectivity index (χ2v) is 9.77. The van der Waals surface area contributed by atoms with Gasteiger partial charge in [0.05, 0.1) is 16.1 Å². The number of hydrogen-bond acceptors (Lipinski definition) is 4. The number of halogens is 1. The lowest BCUT2D eigenvalue weighted by Gasteiger charge is -2.28. The van der Waals surface area contributed by atoms with E-state index in [-0.39, 0.29) is 34.7 Å². The Bertz CT molecular complexity index is 846. The molecule has 0 radical (unpaired) electrons. The average molecular weight is 397 g/mol. The maximum absolute atomic E-state index is 13.4. The maximum Gasteiger partial charge on any atom is 0.306 e. The highest BCUT2D eigenvalue weighted by Gasteiger charge is 2.39. The third-order valence-electron chi connectivity index (χ3n) is 5.78. The minimum atomic E-state index is -3.63. The van der Waals surface area contributed by atoms with Gasteiger partial charge >= 0.3 is 5.97 Å². The first kappa shape index (κ1) is 19.8. The summed E-state index contributed by atoms with van der Waals surface area (Å²) < 4.78 is 39.1. The van der Waals surface area contributed by atoms with Gasteiger partial charge in [0.25, 0.3) is 0 Å². The Balaban J connectivity index is 1.65. The molecular weight excluding hydrogens is 373 g/mol. The fourth-order valence-corrected chi connectivity index (χ4v) is 5.79. The molecule has 1 aromatic carbocycles. The first-order chi connectivity index (χ1) is 12.7. The van der Waals surface area contributed by atoms with Gasteiger partial charge in [-0.1, -0.05) is 0 Å². The number of aliphatic carboxylic acids is 1. The van der Waals surface area contributed by atoms with E-state index in [4.69, 9.17) is 5.11 Å². The molecule has 3 rings (SSSR count). The molecule has 1 aliphatic carbocycles. The van der Waals surface area contributed by atoms with Crippen LogP contribution in [0.5, 0.6) is 0 Å². The smallest absolute Gasteiger partial charge is 0.306 e. The summed E-state index contributed by atoms with van der Waals surface area (Å²) in [5, 5.41) is 8.37. The SMILES string of the molecule is Cc1cc(S(=O)(=O)C2CCN(C(=O)C3CCC(C(=O)O)CC3)C2)ccc1F. The fourth-order valence-electron chi connectivity index (χ4n) is 4.01. The van der Waals surface area contributed by atoms with Crippen molar-refractivity contribution in [2.45, 2.75) is 49.2 Å². The van der Waals surface area contributed by atoms with Crippen LogP contribution in [0.4, 0.5) is 4.39 Å². The second kappa shape index (κ2) is 7.58. The molecule has 0 aromatic heterocycles. The van der Waals surface area contributed by atoms with Crippen molar-refractivity contribution in [3.63, 3.8) is 0 Å². The molecule has 1 saturated heterocycles. The Morgan fingerprint density at radius 1 is 1.11 bits per heavy atom. The van der Waals surface area contributed by atoms with Crippen LogP contribution >= 0.6 is 0 Å². The molecule has 2 aliphatic rings. The lowest BCUT2D eigenvalue weighted by atomic mass is 9.81. The van der Waals surface area contributed by atoms with Crippen LogP contribution in [0, 0.1) is 24.6 Å². The van der Waals surface area contributed by atoms with Crippen LogP contribution in [0.25, 0.3) is 0 Å². The monoisotopic (exact) mass is 397 g/mol. The molecule has 148 valence electrons. The number of likely N-dealkylation sites (tertiary alicyclic amines) is 1. The molecular formula is C19H24FNO5S. The van der Waals surface area contributed by atoms with Crippen molar-refractivity contribution in [1.82, 2.24) is 4.90 Å². The lowest BCUT2D eigenvalue weighted by molar-refractivity contribution is -0.145. The molecule has 1 aliphatic heterocycles. The summed E-state index contributed by atoms with van der Waals surface area (Å²) in [5.41, 5.74) is 0.275. The number of amides is 1. The van der Waals surface area contributed by atoms with Gasteiger partial charge in [-0.3, -0.25) is 9.59 Å². The number of carboxylic acids is 1. The molecule has 1 N–H and O–H groups in total. The van der Waals surface area contributed by atoms with Gasteiger partial charge in [0.15, 0.2) is 9.84 Å².